The van der Waals surface area contributed by atoms with E-state index in [1.54, 1.807) is 13.8 Å². The van der Waals surface area contributed by atoms with Gasteiger partial charge in [-0.25, -0.2) is 9.18 Å². The Morgan fingerprint density at radius 1 is 1.03 bits per heavy atom. The van der Waals surface area contributed by atoms with Gasteiger partial charge in [0.15, 0.2) is 5.54 Å². The summed E-state index contributed by atoms with van der Waals surface area (Å²) in [5, 5.41) is 13.3. The molecule has 30 heavy (non-hydrogen) atoms. The van der Waals surface area contributed by atoms with Crippen LogP contribution in [0.4, 0.5) is 10.1 Å². The maximum absolute atomic E-state index is 13.4. The number of ether oxygens (including phenoxy) is 1. The predicted octanol–water partition coefficient (Wildman–Crippen LogP) is 4.31. The van der Waals surface area contributed by atoms with Crippen molar-refractivity contribution in [2.45, 2.75) is 45.3 Å². The summed E-state index contributed by atoms with van der Waals surface area (Å²) in [6.07, 6.45) is -0.0826. The van der Waals surface area contributed by atoms with E-state index in [1.165, 1.54) is 24.3 Å². The smallest absolute Gasteiger partial charge is 0.373 e. The van der Waals surface area contributed by atoms with Gasteiger partial charge >= 0.3 is 12.1 Å². The summed E-state index contributed by atoms with van der Waals surface area (Å²) in [6.45, 7) is 7.27. The van der Waals surface area contributed by atoms with E-state index < -0.39 is 23.2 Å². The van der Waals surface area contributed by atoms with E-state index in [4.69, 9.17) is 14.3 Å². The first-order valence-electron chi connectivity index (χ1n) is 9.41. The van der Waals surface area contributed by atoms with E-state index in [1.807, 2.05) is 44.2 Å². The number of para-hydroxylation sites is 1. The van der Waals surface area contributed by atoms with Crippen LogP contribution >= 0.6 is 0 Å². The summed E-state index contributed by atoms with van der Waals surface area (Å²) < 4.78 is 18.9. The Bertz CT molecular complexity index is 886. The van der Waals surface area contributed by atoms with E-state index in [0.29, 0.717) is 11.3 Å². The van der Waals surface area contributed by atoms with Crippen molar-refractivity contribution in [1.29, 1.82) is 5.26 Å². The third-order valence-electron chi connectivity index (χ3n) is 4.50. The van der Waals surface area contributed by atoms with Crippen molar-refractivity contribution in [2.75, 3.05) is 5.32 Å². The highest BCUT2D eigenvalue weighted by Gasteiger charge is 2.51. The van der Waals surface area contributed by atoms with Gasteiger partial charge in [-0.05, 0) is 49.6 Å². The number of halogens is 1. The van der Waals surface area contributed by atoms with Crippen LogP contribution in [0.3, 0.4) is 0 Å². The molecule has 0 radical (unpaired) electrons. The van der Waals surface area contributed by atoms with Gasteiger partial charge in [-0.2, -0.15) is 14.9 Å². The minimum absolute atomic E-state index is 0.250. The summed E-state index contributed by atoms with van der Waals surface area (Å²) in [5.41, 5.74) is -0.0796. The van der Waals surface area contributed by atoms with Gasteiger partial charge in [0.25, 0.3) is 0 Å². The minimum Gasteiger partial charge on any atom is -0.461 e. The lowest BCUT2D eigenvalue weighted by atomic mass is 9.72. The molecule has 0 heterocycles. The molecule has 2 rings (SSSR count). The van der Waals surface area contributed by atoms with Crippen LogP contribution in [-0.2, 0) is 19.1 Å². The number of anilines is 1. The third kappa shape index (κ3) is 6.00. The molecule has 6 nitrogen and oxygen atoms in total. The molecule has 7 heteroatoms. The van der Waals surface area contributed by atoms with Gasteiger partial charge < -0.3 is 10.1 Å². The number of carbonyl (C=O) groups is 1. The van der Waals surface area contributed by atoms with Crippen molar-refractivity contribution < 1.29 is 23.5 Å². The Kier molecular flexibility index (Phi) is 9.41. The Morgan fingerprint density at radius 2 is 1.57 bits per heavy atom. The van der Waals surface area contributed by atoms with Crippen LogP contribution in [0.25, 0.3) is 0 Å². The SMILES string of the molecule is CC(C)OC(=O)C(Nc1ccccc1)(C(C)C)C(C#N)c1ccc(F)cc1.O=C=O. The number of nitriles is 1. The van der Waals surface area contributed by atoms with Crippen molar-refractivity contribution in [3.05, 3.63) is 66.0 Å². The molecule has 158 valence electrons. The summed E-state index contributed by atoms with van der Waals surface area (Å²) in [6, 6.07) is 17.1. The fourth-order valence-corrected chi connectivity index (χ4v) is 3.12. The van der Waals surface area contributed by atoms with Crippen molar-refractivity contribution in [1.82, 2.24) is 0 Å². The lowest BCUT2D eigenvalue weighted by Gasteiger charge is -2.40. The molecule has 0 aromatic heterocycles. The molecule has 1 N–H and O–H groups in total. The summed E-state index contributed by atoms with van der Waals surface area (Å²) in [7, 11) is 0. The van der Waals surface area contributed by atoms with Gasteiger partial charge in [0.1, 0.15) is 11.7 Å². The Labute approximate surface area is 175 Å². The first-order chi connectivity index (χ1) is 14.2. The van der Waals surface area contributed by atoms with Crippen molar-refractivity contribution in [2.24, 2.45) is 5.92 Å². The Morgan fingerprint density at radius 3 is 2.00 bits per heavy atom. The number of rotatable bonds is 7. The fourth-order valence-electron chi connectivity index (χ4n) is 3.12. The lowest BCUT2D eigenvalue weighted by molar-refractivity contribution is -0.191. The molecule has 2 atom stereocenters. The van der Waals surface area contributed by atoms with Crippen LogP contribution in [0.5, 0.6) is 0 Å². The topological polar surface area (TPSA) is 96.3 Å². The number of esters is 1. The molecule has 0 fully saturated rings. The minimum atomic E-state index is -1.34. The van der Waals surface area contributed by atoms with Gasteiger partial charge in [-0.15, -0.1) is 0 Å². The first-order valence-corrected chi connectivity index (χ1v) is 9.41. The second-order valence-corrected chi connectivity index (χ2v) is 7.17. The molecule has 0 aliphatic carbocycles. The predicted molar refractivity (Wildman–Crippen MR) is 109 cm³/mol. The Hall–Kier alpha value is -3.49. The molecule has 2 unspecified atom stereocenters. The van der Waals surface area contributed by atoms with Crippen LogP contribution in [0, 0.1) is 23.1 Å². The zero-order valence-electron chi connectivity index (χ0n) is 17.4. The second-order valence-electron chi connectivity index (χ2n) is 7.17. The highest BCUT2D eigenvalue weighted by molar-refractivity contribution is 5.87. The average molecular weight is 412 g/mol. The largest absolute Gasteiger partial charge is 0.461 e. The quantitative estimate of drug-likeness (QED) is 0.681. The van der Waals surface area contributed by atoms with Crippen molar-refractivity contribution in [3.8, 4) is 6.07 Å². The van der Waals surface area contributed by atoms with E-state index in [9.17, 15) is 14.4 Å². The maximum atomic E-state index is 13.4. The fraction of sp³-hybridized carbons (Fsp3) is 0.348. The van der Waals surface area contributed by atoms with E-state index in [-0.39, 0.29) is 18.2 Å². The highest BCUT2D eigenvalue weighted by atomic mass is 19.1. The van der Waals surface area contributed by atoms with Crippen molar-refractivity contribution in [3.63, 3.8) is 0 Å². The maximum Gasteiger partial charge on any atom is 0.373 e. The molecule has 0 saturated carbocycles. The van der Waals surface area contributed by atoms with Crippen LogP contribution in [0.2, 0.25) is 0 Å². The van der Waals surface area contributed by atoms with Gasteiger partial charge in [-0.3, -0.25) is 0 Å². The number of hydrogen-bond donors (Lipinski definition) is 1. The lowest BCUT2D eigenvalue weighted by Crippen LogP contribution is -2.56. The molecular formula is C23H25FN2O4. The van der Waals surface area contributed by atoms with Gasteiger partial charge in [-0.1, -0.05) is 44.2 Å². The zero-order valence-corrected chi connectivity index (χ0v) is 17.4. The van der Waals surface area contributed by atoms with Crippen LogP contribution < -0.4 is 5.32 Å². The highest BCUT2D eigenvalue weighted by Crippen LogP contribution is 2.39. The number of benzene rings is 2. The number of hydrogen-bond acceptors (Lipinski definition) is 6. The molecule has 0 saturated heterocycles. The number of nitrogens with one attached hydrogen (secondary N) is 1. The second kappa shape index (κ2) is 11.5. The molecule has 0 aliphatic heterocycles. The first kappa shape index (κ1) is 24.5. The Balaban J connectivity index is 0.00000141. The van der Waals surface area contributed by atoms with Gasteiger partial charge in [0, 0.05) is 5.69 Å². The molecule has 0 amide bonds. The molecule has 2 aromatic carbocycles. The summed E-state index contributed by atoms with van der Waals surface area (Å²) in [4.78, 5) is 29.5. The van der Waals surface area contributed by atoms with Crippen LogP contribution in [0.1, 0.15) is 39.2 Å². The van der Waals surface area contributed by atoms with Gasteiger partial charge in [0.05, 0.1) is 12.2 Å². The van der Waals surface area contributed by atoms with E-state index >= 15 is 0 Å². The zero-order chi connectivity index (χ0) is 22.7. The summed E-state index contributed by atoms with van der Waals surface area (Å²) in [5.74, 6) is -2.05. The molecule has 0 spiro atoms. The average Bonchev–Trinajstić information content (AvgIpc) is 2.69. The monoisotopic (exact) mass is 412 g/mol. The molecule has 0 aliphatic rings. The van der Waals surface area contributed by atoms with Gasteiger partial charge in [0.2, 0.25) is 0 Å². The van der Waals surface area contributed by atoms with E-state index in [0.717, 1.165) is 0 Å². The van der Waals surface area contributed by atoms with Crippen molar-refractivity contribution >= 4 is 17.8 Å². The van der Waals surface area contributed by atoms with Crippen LogP contribution in [-0.4, -0.2) is 23.8 Å². The number of carbonyl (C=O) groups excluding carboxylic acids is 3. The van der Waals surface area contributed by atoms with E-state index in [2.05, 4.69) is 11.4 Å². The number of nitrogens with zero attached hydrogens (tertiary/aromatic N) is 1. The molecule has 0 bridgehead atoms. The standard InChI is InChI=1S/C22H25FN2O2.CO2/c1-15(2)22(21(26)27-16(3)4,25-19-8-6-5-7-9-19)20(14-24)17-10-12-18(23)13-11-17;2-1-3/h5-13,15-16,20,25H,1-4H3;. The third-order valence-corrected chi connectivity index (χ3v) is 4.50. The molecular weight excluding hydrogens is 387 g/mol. The summed E-state index contributed by atoms with van der Waals surface area (Å²) >= 11 is 0. The van der Waals surface area contributed by atoms with Crippen LogP contribution in [0.15, 0.2) is 54.6 Å². The normalized spacial score (nSPS) is 13.1. The molecule has 2 aromatic rings.